The van der Waals surface area contributed by atoms with Gasteiger partial charge in [-0.05, 0) is 50.7 Å². The number of carbonyl (C=O) groups excluding carboxylic acids is 2. The van der Waals surface area contributed by atoms with E-state index in [9.17, 15) is 9.59 Å². The molecule has 2 aromatic carbocycles. The highest BCUT2D eigenvalue weighted by Gasteiger charge is 2.30. The average molecular weight is 421 g/mol. The highest BCUT2D eigenvalue weighted by molar-refractivity contribution is 5.88. The molecule has 2 amide bonds. The van der Waals surface area contributed by atoms with Crippen molar-refractivity contribution in [1.82, 2.24) is 10.2 Å². The van der Waals surface area contributed by atoms with Crippen LogP contribution in [-0.2, 0) is 22.6 Å². The van der Waals surface area contributed by atoms with Crippen LogP contribution >= 0.6 is 0 Å². The fourth-order valence-electron chi connectivity index (χ4n) is 4.44. The Hall–Kier alpha value is -2.62. The molecule has 166 valence electrons. The molecular formula is C27H36N2O2. The first-order valence-electron chi connectivity index (χ1n) is 11.7. The van der Waals surface area contributed by atoms with E-state index in [0.29, 0.717) is 25.8 Å². The molecule has 0 heterocycles. The number of nitrogens with one attached hydrogen (secondary N) is 1. The molecule has 0 saturated heterocycles. The van der Waals surface area contributed by atoms with Gasteiger partial charge < -0.3 is 10.2 Å². The number of benzene rings is 2. The van der Waals surface area contributed by atoms with Gasteiger partial charge >= 0.3 is 0 Å². The summed E-state index contributed by atoms with van der Waals surface area (Å²) >= 11 is 0. The van der Waals surface area contributed by atoms with Crippen molar-refractivity contribution in [3.05, 3.63) is 70.8 Å². The second kappa shape index (κ2) is 11.1. The van der Waals surface area contributed by atoms with E-state index in [-0.39, 0.29) is 17.9 Å². The fraction of sp³-hybridized carbons (Fsp3) is 0.481. The minimum Gasteiger partial charge on any atom is -0.352 e. The Bertz CT molecular complexity index is 869. The Labute approximate surface area is 187 Å². The van der Waals surface area contributed by atoms with Gasteiger partial charge in [-0.1, -0.05) is 79.4 Å². The summed E-state index contributed by atoms with van der Waals surface area (Å²) in [6, 6.07) is 16.3. The van der Waals surface area contributed by atoms with Crippen LogP contribution in [0.5, 0.6) is 0 Å². The zero-order valence-electron chi connectivity index (χ0n) is 19.2. The lowest BCUT2D eigenvalue weighted by molar-refractivity contribution is -0.141. The Morgan fingerprint density at radius 2 is 1.71 bits per heavy atom. The van der Waals surface area contributed by atoms with Gasteiger partial charge in [0.05, 0.1) is 0 Å². The predicted octanol–water partition coefficient (Wildman–Crippen LogP) is 5.10. The molecule has 1 fully saturated rings. The minimum absolute atomic E-state index is 0.00858. The van der Waals surface area contributed by atoms with Gasteiger partial charge in [-0.25, -0.2) is 0 Å². The van der Waals surface area contributed by atoms with E-state index in [2.05, 4.69) is 55.6 Å². The first kappa shape index (κ1) is 23.1. The van der Waals surface area contributed by atoms with Crippen molar-refractivity contribution < 1.29 is 9.59 Å². The van der Waals surface area contributed by atoms with E-state index in [4.69, 9.17) is 0 Å². The summed E-state index contributed by atoms with van der Waals surface area (Å²) in [5.74, 6) is 0.0289. The molecular weight excluding hydrogens is 384 g/mol. The van der Waals surface area contributed by atoms with Gasteiger partial charge in [0.2, 0.25) is 11.8 Å². The van der Waals surface area contributed by atoms with Gasteiger partial charge in [0.1, 0.15) is 6.04 Å². The lowest BCUT2D eigenvalue weighted by Gasteiger charge is -2.31. The smallest absolute Gasteiger partial charge is 0.243 e. The summed E-state index contributed by atoms with van der Waals surface area (Å²) in [5.41, 5.74) is 4.59. The molecule has 1 aliphatic carbocycles. The van der Waals surface area contributed by atoms with E-state index < -0.39 is 6.04 Å². The van der Waals surface area contributed by atoms with Crippen molar-refractivity contribution in [3.63, 3.8) is 0 Å². The summed E-state index contributed by atoms with van der Waals surface area (Å²) in [7, 11) is 0. The predicted molar refractivity (Wildman–Crippen MR) is 126 cm³/mol. The van der Waals surface area contributed by atoms with Crippen LogP contribution in [0.2, 0.25) is 0 Å². The largest absolute Gasteiger partial charge is 0.352 e. The van der Waals surface area contributed by atoms with Crippen molar-refractivity contribution in [2.24, 2.45) is 0 Å². The van der Waals surface area contributed by atoms with E-state index in [1.54, 1.807) is 4.90 Å². The topological polar surface area (TPSA) is 49.4 Å². The van der Waals surface area contributed by atoms with Gasteiger partial charge in [-0.3, -0.25) is 9.59 Å². The molecule has 1 N–H and O–H groups in total. The molecule has 3 rings (SSSR count). The van der Waals surface area contributed by atoms with Crippen LogP contribution in [0.3, 0.4) is 0 Å². The maximum atomic E-state index is 13.4. The van der Waals surface area contributed by atoms with E-state index in [1.807, 2.05) is 19.1 Å². The van der Waals surface area contributed by atoms with E-state index >= 15 is 0 Å². The summed E-state index contributed by atoms with van der Waals surface area (Å²) in [6.45, 7) is 6.57. The lowest BCUT2D eigenvalue weighted by Crippen LogP contribution is -2.51. The number of rotatable bonds is 9. The number of carbonyl (C=O) groups is 2. The number of aryl methyl sites for hydroxylation is 3. The van der Waals surface area contributed by atoms with Crippen LogP contribution in [0, 0.1) is 13.8 Å². The van der Waals surface area contributed by atoms with Gasteiger partial charge in [-0.2, -0.15) is 0 Å². The molecule has 4 nitrogen and oxygen atoms in total. The molecule has 0 spiro atoms. The molecule has 1 aliphatic rings. The lowest BCUT2D eigenvalue weighted by atomic mass is 10.0. The summed E-state index contributed by atoms with van der Waals surface area (Å²) in [6.07, 6.45) is 6.13. The second-order valence-electron chi connectivity index (χ2n) is 8.91. The Morgan fingerprint density at radius 1 is 1.00 bits per heavy atom. The second-order valence-corrected chi connectivity index (χ2v) is 8.91. The van der Waals surface area contributed by atoms with Gasteiger partial charge in [-0.15, -0.1) is 0 Å². The molecule has 0 radical (unpaired) electrons. The Morgan fingerprint density at radius 3 is 2.35 bits per heavy atom. The van der Waals surface area contributed by atoms with Crippen molar-refractivity contribution in [2.75, 3.05) is 0 Å². The number of hydrogen-bond acceptors (Lipinski definition) is 2. The van der Waals surface area contributed by atoms with Crippen molar-refractivity contribution in [3.8, 4) is 0 Å². The number of nitrogens with zero attached hydrogens (tertiary/aromatic N) is 1. The highest BCUT2D eigenvalue weighted by atomic mass is 16.2. The van der Waals surface area contributed by atoms with Crippen LogP contribution < -0.4 is 5.32 Å². The SMILES string of the molecule is CC[C@@H](C(=O)NC1CCCC1)N(Cc1cccc(C)c1)C(=O)CCc1ccc(C)cc1. The third kappa shape index (κ3) is 6.68. The third-order valence-electron chi connectivity index (χ3n) is 6.27. The number of amides is 2. The maximum Gasteiger partial charge on any atom is 0.243 e. The van der Waals surface area contributed by atoms with Gasteiger partial charge in [0, 0.05) is 19.0 Å². The van der Waals surface area contributed by atoms with Crippen molar-refractivity contribution >= 4 is 11.8 Å². The van der Waals surface area contributed by atoms with Crippen molar-refractivity contribution in [1.29, 1.82) is 0 Å². The van der Waals surface area contributed by atoms with Crippen molar-refractivity contribution in [2.45, 2.75) is 84.3 Å². The molecule has 2 aromatic rings. The Kier molecular flexibility index (Phi) is 8.27. The quantitative estimate of drug-likeness (QED) is 0.613. The molecule has 0 aliphatic heterocycles. The molecule has 31 heavy (non-hydrogen) atoms. The first-order valence-corrected chi connectivity index (χ1v) is 11.7. The van der Waals surface area contributed by atoms with Crippen LogP contribution in [-0.4, -0.2) is 28.8 Å². The normalized spacial score (nSPS) is 14.9. The molecule has 0 unspecified atom stereocenters. The Balaban J connectivity index is 1.75. The van der Waals surface area contributed by atoms with E-state index in [0.717, 1.165) is 29.5 Å². The maximum absolute atomic E-state index is 13.4. The van der Waals surface area contributed by atoms with Crippen LogP contribution in [0.25, 0.3) is 0 Å². The van der Waals surface area contributed by atoms with Gasteiger partial charge in [0.15, 0.2) is 0 Å². The molecule has 1 atom stereocenters. The minimum atomic E-state index is -0.438. The zero-order valence-corrected chi connectivity index (χ0v) is 19.2. The van der Waals surface area contributed by atoms with Crippen LogP contribution in [0.4, 0.5) is 0 Å². The van der Waals surface area contributed by atoms with Crippen LogP contribution in [0.1, 0.15) is 67.7 Å². The third-order valence-corrected chi connectivity index (χ3v) is 6.27. The summed E-state index contributed by atoms with van der Waals surface area (Å²) in [4.78, 5) is 28.3. The highest BCUT2D eigenvalue weighted by Crippen LogP contribution is 2.20. The average Bonchev–Trinajstić information content (AvgIpc) is 3.26. The first-order chi connectivity index (χ1) is 15.0. The molecule has 1 saturated carbocycles. The van der Waals surface area contributed by atoms with Crippen LogP contribution in [0.15, 0.2) is 48.5 Å². The standard InChI is InChI=1S/C27H36N2O2/c1-4-25(27(31)28-24-10-5-6-11-24)29(19-23-9-7-8-21(3)18-23)26(30)17-16-22-14-12-20(2)13-15-22/h7-9,12-15,18,24-25H,4-6,10-11,16-17,19H2,1-3H3,(H,28,31)/t25-/m0/s1. The zero-order chi connectivity index (χ0) is 22.2. The van der Waals surface area contributed by atoms with Gasteiger partial charge in [0.25, 0.3) is 0 Å². The summed E-state index contributed by atoms with van der Waals surface area (Å²) < 4.78 is 0. The monoisotopic (exact) mass is 420 g/mol. The van der Waals surface area contributed by atoms with E-state index in [1.165, 1.54) is 18.4 Å². The molecule has 4 heteroatoms. The number of hydrogen-bond donors (Lipinski definition) is 1. The fourth-order valence-corrected chi connectivity index (χ4v) is 4.44. The molecule has 0 bridgehead atoms. The molecule has 0 aromatic heterocycles. The summed E-state index contributed by atoms with van der Waals surface area (Å²) in [5, 5.41) is 3.21.